The smallest absolute Gasteiger partial charge is 0.125 e. The molecule has 1 N–H and O–H groups in total. The van der Waals surface area contributed by atoms with Crippen LogP contribution in [0.25, 0.3) is 0 Å². The maximum Gasteiger partial charge on any atom is 0.125 e. The lowest BCUT2D eigenvalue weighted by atomic mass is 10.1. The number of rotatable bonds is 5. The van der Waals surface area contributed by atoms with Gasteiger partial charge in [0.1, 0.15) is 5.75 Å². The van der Waals surface area contributed by atoms with Crippen molar-refractivity contribution in [2.75, 3.05) is 6.61 Å². The van der Waals surface area contributed by atoms with E-state index in [2.05, 4.69) is 13.8 Å². The molecule has 0 heterocycles. The minimum atomic E-state index is 0.0906. The number of aryl methyl sites for hydroxylation is 2. The van der Waals surface area contributed by atoms with Crippen molar-refractivity contribution < 1.29 is 9.84 Å². The molecule has 0 radical (unpaired) electrons. The van der Waals surface area contributed by atoms with Crippen molar-refractivity contribution in [3.63, 3.8) is 0 Å². The monoisotopic (exact) mass is 222 g/mol. The normalized spacial score (nSPS) is 12.6. The summed E-state index contributed by atoms with van der Waals surface area (Å²) in [5.74, 6) is 1.55. The fraction of sp³-hybridized carbons (Fsp3) is 0.571. The van der Waals surface area contributed by atoms with E-state index >= 15 is 0 Å². The van der Waals surface area contributed by atoms with E-state index in [1.807, 2.05) is 26.0 Å². The van der Waals surface area contributed by atoms with Crippen LogP contribution in [0.2, 0.25) is 0 Å². The van der Waals surface area contributed by atoms with Crippen LogP contribution < -0.4 is 4.74 Å². The Bertz CT molecular complexity index is 322. The van der Waals surface area contributed by atoms with Gasteiger partial charge in [-0.05, 0) is 36.5 Å². The molecule has 0 fully saturated rings. The van der Waals surface area contributed by atoms with Crippen LogP contribution in [0.3, 0.4) is 0 Å². The highest BCUT2D eigenvalue weighted by atomic mass is 16.5. The zero-order valence-electron chi connectivity index (χ0n) is 10.7. The van der Waals surface area contributed by atoms with Crippen LogP contribution in [-0.2, 0) is 6.61 Å². The Kier molecular flexibility index (Phi) is 4.81. The largest absolute Gasteiger partial charge is 0.493 e. The number of ether oxygens (including phenoxy) is 1. The second-order valence-electron chi connectivity index (χ2n) is 4.54. The van der Waals surface area contributed by atoms with E-state index in [0.29, 0.717) is 5.92 Å². The summed E-state index contributed by atoms with van der Waals surface area (Å²) in [7, 11) is 0. The SMILES string of the molecule is CCC(C)COc1c(C)cc(CO)cc1C. The standard InChI is InChI=1S/C14H22O2/c1-5-10(2)9-16-14-11(3)6-13(8-15)7-12(14)4/h6-7,10,15H,5,8-9H2,1-4H3. The number of hydrogen-bond acceptors (Lipinski definition) is 2. The Morgan fingerprint density at radius 1 is 1.25 bits per heavy atom. The maximum absolute atomic E-state index is 9.09. The van der Waals surface area contributed by atoms with Gasteiger partial charge in [0.05, 0.1) is 13.2 Å². The highest BCUT2D eigenvalue weighted by Crippen LogP contribution is 2.25. The van der Waals surface area contributed by atoms with E-state index < -0.39 is 0 Å². The predicted molar refractivity (Wildman–Crippen MR) is 66.8 cm³/mol. The van der Waals surface area contributed by atoms with Crippen LogP contribution in [0.4, 0.5) is 0 Å². The van der Waals surface area contributed by atoms with Gasteiger partial charge in [-0.2, -0.15) is 0 Å². The Morgan fingerprint density at radius 2 is 1.81 bits per heavy atom. The number of aliphatic hydroxyl groups excluding tert-OH is 1. The zero-order chi connectivity index (χ0) is 12.1. The third-order valence-corrected chi connectivity index (χ3v) is 2.91. The molecule has 0 saturated carbocycles. The van der Waals surface area contributed by atoms with Crippen LogP contribution in [0.1, 0.15) is 37.0 Å². The molecule has 0 aromatic heterocycles. The predicted octanol–water partition coefficient (Wildman–Crippen LogP) is 3.22. The van der Waals surface area contributed by atoms with Crippen molar-refractivity contribution in [2.45, 2.75) is 40.7 Å². The molecule has 1 atom stereocenters. The second kappa shape index (κ2) is 5.90. The van der Waals surface area contributed by atoms with Crippen molar-refractivity contribution in [3.8, 4) is 5.75 Å². The van der Waals surface area contributed by atoms with E-state index in [1.54, 1.807) is 0 Å². The number of benzene rings is 1. The van der Waals surface area contributed by atoms with Gasteiger partial charge in [0.25, 0.3) is 0 Å². The maximum atomic E-state index is 9.09. The van der Waals surface area contributed by atoms with Crippen LogP contribution in [0.5, 0.6) is 5.75 Å². The molecular weight excluding hydrogens is 200 g/mol. The lowest BCUT2D eigenvalue weighted by molar-refractivity contribution is 0.252. The summed E-state index contributed by atoms with van der Waals surface area (Å²) in [4.78, 5) is 0. The molecule has 1 rings (SSSR count). The van der Waals surface area contributed by atoms with Gasteiger partial charge in [-0.25, -0.2) is 0 Å². The van der Waals surface area contributed by atoms with Crippen molar-refractivity contribution in [2.24, 2.45) is 5.92 Å². The molecule has 2 nitrogen and oxygen atoms in total. The first-order chi connectivity index (χ1) is 7.58. The first-order valence-corrected chi connectivity index (χ1v) is 5.92. The first-order valence-electron chi connectivity index (χ1n) is 5.92. The second-order valence-corrected chi connectivity index (χ2v) is 4.54. The van der Waals surface area contributed by atoms with Crippen molar-refractivity contribution in [1.82, 2.24) is 0 Å². The average molecular weight is 222 g/mol. The molecule has 1 unspecified atom stereocenters. The minimum absolute atomic E-state index is 0.0906. The molecule has 90 valence electrons. The molecule has 2 heteroatoms. The van der Waals surface area contributed by atoms with Gasteiger partial charge in [-0.1, -0.05) is 32.4 Å². The van der Waals surface area contributed by atoms with Gasteiger partial charge in [0, 0.05) is 0 Å². The zero-order valence-corrected chi connectivity index (χ0v) is 10.7. The fourth-order valence-corrected chi connectivity index (χ4v) is 1.70. The molecule has 0 bridgehead atoms. The van der Waals surface area contributed by atoms with Crippen LogP contribution in [-0.4, -0.2) is 11.7 Å². The Hall–Kier alpha value is -1.02. The molecule has 0 aliphatic carbocycles. The van der Waals surface area contributed by atoms with Crippen LogP contribution in [0, 0.1) is 19.8 Å². The first kappa shape index (κ1) is 13.0. The van der Waals surface area contributed by atoms with Gasteiger partial charge < -0.3 is 9.84 Å². The van der Waals surface area contributed by atoms with Gasteiger partial charge in [0.2, 0.25) is 0 Å². The van der Waals surface area contributed by atoms with Crippen LogP contribution >= 0.6 is 0 Å². The van der Waals surface area contributed by atoms with Gasteiger partial charge >= 0.3 is 0 Å². The molecule has 0 aliphatic heterocycles. The lowest BCUT2D eigenvalue weighted by Gasteiger charge is -2.16. The van der Waals surface area contributed by atoms with Gasteiger partial charge in [0.15, 0.2) is 0 Å². The van der Waals surface area contributed by atoms with E-state index in [9.17, 15) is 0 Å². The van der Waals surface area contributed by atoms with E-state index in [-0.39, 0.29) is 6.61 Å². The highest BCUT2D eigenvalue weighted by Gasteiger charge is 2.07. The average Bonchev–Trinajstić information content (AvgIpc) is 2.27. The third-order valence-electron chi connectivity index (χ3n) is 2.91. The summed E-state index contributed by atoms with van der Waals surface area (Å²) in [6.45, 7) is 9.26. The summed E-state index contributed by atoms with van der Waals surface area (Å²) in [6.07, 6.45) is 1.13. The van der Waals surface area contributed by atoms with E-state index in [1.165, 1.54) is 0 Å². The number of hydrogen-bond donors (Lipinski definition) is 1. The van der Waals surface area contributed by atoms with Crippen LogP contribution in [0.15, 0.2) is 12.1 Å². The third kappa shape index (κ3) is 3.24. The molecule has 0 spiro atoms. The van der Waals surface area contributed by atoms with Crippen molar-refractivity contribution in [3.05, 3.63) is 28.8 Å². The fourth-order valence-electron chi connectivity index (χ4n) is 1.70. The molecule has 0 saturated heterocycles. The summed E-state index contributed by atoms with van der Waals surface area (Å²) < 4.78 is 5.84. The molecule has 16 heavy (non-hydrogen) atoms. The molecule has 0 amide bonds. The summed E-state index contributed by atoms with van der Waals surface area (Å²) in [6, 6.07) is 3.97. The quantitative estimate of drug-likeness (QED) is 0.829. The Morgan fingerprint density at radius 3 is 2.25 bits per heavy atom. The topological polar surface area (TPSA) is 29.5 Å². The molecule has 1 aromatic rings. The molecule has 1 aromatic carbocycles. The Balaban J connectivity index is 2.80. The summed E-state index contributed by atoms with van der Waals surface area (Å²) in [5.41, 5.74) is 3.16. The lowest BCUT2D eigenvalue weighted by Crippen LogP contribution is -2.09. The Labute approximate surface area is 98.3 Å². The number of aliphatic hydroxyl groups is 1. The van der Waals surface area contributed by atoms with Gasteiger partial charge in [-0.3, -0.25) is 0 Å². The molecular formula is C14H22O2. The highest BCUT2D eigenvalue weighted by molar-refractivity contribution is 5.43. The minimum Gasteiger partial charge on any atom is -0.493 e. The van der Waals surface area contributed by atoms with Crippen molar-refractivity contribution in [1.29, 1.82) is 0 Å². The van der Waals surface area contributed by atoms with E-state index in [4.69, 9.17) is 9.84 Å². The van der Waals surface area contributed by atoms with Crippen molar-refractivity contribution >= 4 is 0 Å². The van der Waals surface area contributed by atoms with E-state index in [0.717, 1.165) is 35.5 Å². The molecule has 0 aliphatic rings. The summed E-state index contributed by atoms with van der Waals surface area (Å²) >= 11 is 0. The summed E-state index contributed by atoms with van der Waals surface area (Å²) in [5, 5.41) is 9.09. The van der Waals surface area contributed by atoms with Gasteiger partial charge in [-0.15, -0.1) is 0 Å².